The fourth-order valence-electron chi connectivity index (χ4n) is 1.92. The summed E-state index contributed by atoms with van der Waals surface area (Å²) in [5, 5.41) is 0.593. The predicted octanol–water partition coefficient (Wildman–Crippen LogP) is 3.79. The summed E-state index contributed by atoms with van der Waals surface area (Å²) < 4.78 is 24.1. The molecule has 0 heterocycles. The molecule has 1 atom stereocenters. The molecule has 0 radical (unpaired) electrons. The molecule has 0 fully saturated rings. The van der Waals surface area contributed by atoms with Crippen LogP contribution in [-0.2, 0) is 14.1 Å². The van der Waals surface area contributed by atoms with Gasteiger partial charge in [0.25, 0.3) is 7.37 Å². The number of carbonyl (C=O) groups is 1. The lowest BCUT2D eigenvalue weighted by molar-refractivity contribution is -0.138. The molecule has 0 aromatic heterocycles. The zero-order valence-corrected chi connectivity index (χ0v) is 13.9. The third-order valence-corrected chi connectivity index (χ3v) is 5.47. The highest BCUT2D eigenvalue weighted by Gasteiger charge is 2.27. The molecule has 5 heteroatoms. The Balaban J connectivity index is 2.17. The van der Waals surface area contributed by atoms with E-state index >= 15 is 0 Å². The second-order valence-electron chi connectivity index (χ2n) is 5.05. The van der Waals surface area contributed by atoms with E-state index in [0.717, 1.165) is 0 Å². The summed E-state index contributed by atoms with van der Waals surface area (Å²) in [6.45, 7) is 5.09. The van der Waals surface area contributed by atoms with Crippen molar-refractivity contribution in [3.8, 4) is 5.75 Å². The summed E-state index contributed by atoms with van der Waals surface area (Å²) >= 11 is 0. The van der Waals surface area contributed by atoms with Gasteiger partial charge >= 0.3 is 5.97 Å². The van der Waals surface area contributed by atoms with E-state index in [4.69, 9.17) is 9.26 Å². The molecule has 4 nitrogen and oxygen atoms in total. The average molecular weight is 330 g/mol. The molecule has 0 aliphatic heterocycles. The quantitative estimate of drug-likeness (QED) is 0.440. The monoisotopic (exact) mass is 330 g/mol. The molecule has 2 aromatic carbocycles. The number of hydrogen-bond donors (Lipinski definition) is 0. The smallest absolute Gasteiger partial charge is 0.333 e. The molecular formula is C18H19O4P. The Bertz CT molecular complexity index is 710. The number of hydrogen-bond acceptors (Lipinski definition) is 4. The minimum atomic E-state index is -3.19. The summed E-state index contributed by atoms with van der Waals surface area (Å²) in [6, 6.07) is 17.9. The molecule has 1 unspecified atom stereocenters. The van der Waals surface area contributed by atoms with Gasteiger partial charge in [-0.3, -0.25) is 4.57 Å². The lowest BCUT2D eigenvalue weighted by atomic mass is 10.3. The van der Waals surface area contributed by atoms with Gasteiger partial charge in [-0.15, -0.1) is 0 Å². The molecule has 0 aliphatic carbocycles. The van der Waals surface area contributed by atoms with Crippen molar-refractivity contribution in [2.75, 3.05) is 12.8 Å². The average Bonchev–Trinajstić information content (AvgIpc) is 2.56. The van der Waals surface area contributed by atoms with Crippen LogP contribution in [0.1, 0.15) is 6.92 Å². The van der Waals surface area contributed by atoms with Crippen LogP contribution in [0.25, 0.3) is 0 Å². The Morgan fingerprint density at radius 3 is 2.17 bits per heavy atom. The fourth-order valence-corrected chi connectivity index (χ4v) is 3.79. The van der Waals surface area contributed by atoms with E-state index in [1.54, 1.807) is 43.3 Å². The Hall–Kier alpha value is -2.32. The van der Waals surface area contributed by atoms with Gasteiger partial charge in [0, 0.05) is 10.9 Å². The molecule has 0 bridgehead atoms. The van der Waals surface area contributed by atoms with Gasteiger partial charge in [-0.1, -0.05) is 43.0 Å². The van der Waals surface area contributed by atoms with Crippen LogP contribution in [0.4, 0.5) is 0 Å². The summed E-state index contributed by atoms with van der Waals surface area (Å²) in [7, 11) is -3.19. The maximum atomic E-state index is 13.3. The van der Waals surface area contributed by atoms with Gasteiger partial charge in [-0.05, 0) is 31.2 Å². The standard InChI is InChI=1S/C18H19O4P/c1-15(2)18(19)21-13-14-23(20,17-11-7-4-8-12-17)22-16-9-5-3-6-10-16/h3-12H,1,13-14H2,2H3. The van der Waals surface area contributed by atoms with E-state index < -0.39 is 13.3 Å². The number of carbonyl (C=O) groups excluding carboxylic acids is 1. The molecule has 0 N–H and O–H groups in total. The first-order valence-electron chi connectivity index (χ1n) is 7.23. The first-order chi connectivity index (χ1) is 11.0. The van der Waals surface area contributed by atoms with Gasteiger partial charge in [-0.25, -0.2) is 4.79 Å². The van der Waals surface area contributed by atoms with Gasteiger partial charge < -0.3 is 9.26 Å². The van der Waals surface area contributed by atoms with Crippen molar-refractivity contribution < 1.29 is 18.6 Å². The third-order valence-electron chi connectivity index (χ3n) is 3.11. The Kier molecular flexibility index (Phi) is 5.78. The second-order valence-corrected chi connectivity index (χ2v) is 7.55. The molecule has 2 rings (SSSR count). The van der Waals surface area contributed by atoms with Crippen LogP contribution in [0.2, 0.25) is 0 Å². The molecule has 23 heavy (non-hydrogen) atoms. The number of rotatable bonds is 7. The van der Waals surface area contributed by atoms with E-state index in [1.165, 1.54) is 0 Å². The second kappa shape index (κ2) is 7.80. The Labute approximate surface area is 136 Å². The summed E-state index contributed by atoms with van der Waals surface area (Å²) in [4.78, 5) is 11.5. The van der Waals surface area contributed by atoms with Gasteiger partial charge in [0.15, 0.2) is 0 Å². The van der Waals surface area contributed by atoms with Crippen molar-refractivity contribution in [3.05, 3.63) is 72.8 Å². The van der Waals surface area contributed by atoms with Crippen molar-refractivity contribution in [1.82, 2.24) is 0 Å². The van der Waals surface area contributed by atoms with Crippen LogP contribution in [0.3, 0.4) is 0 Å². The highest BCUT2D eigenvalue weighted by atomic mass is 31.2. The maximum Gasteiger partial charge on any atom is 0.333 e. The lowest BCUT2D eigenvalue weighted by Gasteiger charge is -2.20. The number of ether oxygens (including phenoxy) is 1. The van der Waals surface area contributed by atoms with Gasteiger partial charge in [0.1, 0.15) is 12.4 Å². The largest absolute Gasteiger partial charge is 0.462 e. The van der Waals surface area contributed by atoms with E-state index in [0.29, 0.717) is 16.6 Å². The van der Waals surface area contributed by atoms with Crippen molar-refractivity contribution in [2.45, 2.75) is 6.92 Å². The van der Waals surface area contributed by atoms with Crippen LogP contribution in [0.15, 0.2) is 72.8 Å². The van der Waals surface area contributed by atoms with E-state index in [-0.39, 0.29) is 12.8 Å². The number of para-hydroxylation sites is 1. The van der Waals surface area contributed by atoms with Crippen LogP contribution in [0.5, 0.6) is 5.75 Å². The molecule has 120 valence electrons. The highest BCUT2D eigenvalue weighted by Crippen LogP contribution is 2.45. The van der Waals surface area contributed by atoms with Crippen molar-refractivity contribution in [2.24, 2.45) is 0 Å². The molecule has 0 amide bonds. The van der Waals surface area contributed by atoms with Crippen LogP contribution in [-0.4, -0.2) is 18.7 Å². The van der Waals surface area contributed by atoms with E-state index in [9.17, 15) is 9.36 Å². The van der Waals surface area contributed by atoms with Crippen molar-refractivity contribution in [3.63, 3.8) is 0 Å². The minimum absolute atomic E-state index is 0.00466. The Morgan fingerprint density at radius 2 is 1.61 bits per heavy atom. The SMILES string of the molecule is C=C(C)C(=O)OCCP(=O)(Oc1ccccc1)c1ccccc1. The molecule has 0 spiro atoms. The predicted molar refractivity (Wildman–Crippen MR) is 91.4 cm³/mol. The molecule has 0 saturated carbocycles. The summed E-state index contributed by atoms with van der Waals surface area (Å²) in [5.74, 6) is 0.0234. The topological polar surface area (TPSA) is 52.6 Å². The van der Waals surface area contributed by atoms with Crippen molar-refractivity contribution in [1.29, 1.82) is 0 Å². The first-order valence-corrected chi connectivity index (χ1v) is 9.04. The van der Waals surface area contributed by atoms with Crippen molar-refractivity contribution >= 4 is 18.6 Å². The summed E-state index contributed by atoms with van der Waals surface area (Å²) in [5.41, 5.74) is 0.309. The highest BCUT2D eigenvalue weighted by molar-refractivity contribution is 7.67. The first kappa shape index (κ1) is 17.0. The molecule has 2 aromatic rings. The maximum absolute atomic E-state index is 13.3. The summed E-state index contributed by atoms with van der Waals surface area (Å²) in [6.07, 6.45) is 0.102. The minimum Gasteiger partial charge on any atom is -0.462 e. The number of benzene rings is 2. The molecule has 0 aliphatic rings. The third kappa shape index (κ3) is 4.83. The Morgan fingerprint density at radius 1 is 1.04 bits per heavy atom. The van der Waals surface area contributed by atoms with Crippen LogP contribution >= 0.6 is 7.37 Å². The normalized spacial score (nSPS) is 12.9. The zero-order chi connectivity index (χ0) is 16.7. The molecule has 0 saturated heterocycles. The van der Waals surface area contributed by atoms with Gasteiger partial charge in [-0.2, -0.15) is 0 Å². The van der Waals surface area contributed by atoms with Gasteiger partial charge in [0.05, 0.1) is 6.16 Å². The number of esters is 1. The van der Waals surface area contributed by atoms with Crippen LogP contribution < -0.4 is 9.83 Å². The molecular weight excluding hydrogens is 311 g/mol. The fraction of sp³-hybridized carbons (Fsp3) is 0.167. The van der Waals surface area contributed by atoms with E-state index in [2.05, 4.69) is 6.58 Å². The van der Waals surface area contributed by atoms with Crippen LogP contribution in [0, 0.1) is 0 Å². The van der Waals surface area contributed by atoms with E-state index in [1.807, 2.05) is 24.3 Å². The zero-order valence-electron chi connectivity index (χ0n) is 13.0. The van der Waals surface area contributed by atoms with Gasteiger partial charge in [0.2, 0.25) is 0 Å². The lowest BCUT2D eigenvalue weighted by Crippen LogP contribution is -2.17.